The zero-order valence-electron chi connectivity index (χ0n) is 16.6. The third-order valence-corrected chi connectivity index (χ3v) is 4.49. The van der Waals surface area contributed by atoms with Crippen molar-refractivity contribution in [2.24, 2.45) is 5.92 Å². The topological polar surface area (TPSA) is 80.2 Å². The van der Waals surface area contributed by atoms with Crippen molar-refractivity contribution >= 4 is 11.9 Å². The standard InChI is InChI=1S/C20H27N5O2/c1-13-11-25(19(26)27-20(3,4)5)12-16(13)24-17-8-7-15(14(2)23-17)18-21-9-6-10-22-18/h6-10,13,16H,11-12H2,1-5H3,(H,23,24)/t13-,16+/m0/s1. The Balaban J connectivity index is 1.67. The maximum absolute atomic E-state index is 12.3. The van der Waals surface area contributed by atoms with Gasteiger partial charge >= 0.3 is 6.09 Å². The van der Waals surface area contributed by atoms with Gasteiger partial charge in [-0.3, -0.25) is 0 Å². The molecule has 7 heteroatoms. The third-order valence-electron chi connectivity index (χ3n) is 4.49. The van der Waals surface area contributed by atoms with Gasteiger partial charge in [-0.05, 0) is 51.8 Å². The van der Waals surface area contributed by atoms with Crippen molar-refractivity contribution < 1.29 is 9.53 Å². The van der Waals surface area contributed by atoms with Crippen molar-refractivity contribution in [2.45, 2.75) is 46.3 Å². The second kappa shape index (κ2) is 7.50. The number of aryl methyl sites for hydroxylation is 1. The number of nitrogens with zero attached hydrogens (tertiary/aromatic N) is 4. The quantitative estimate of drug-likeness (QED) is 0.892. The minimum atomic E-state index is -0.486. The highest BCUT2D eigenvalue weighted by atomic mass is 16.6. The molecule has 0 spiro atoms. The van der Waals surface area contributed by atoms with Gasteiger partial charge in [0.1, 0.15) is 11.4 Å². The van der Waals surface area contributed by atoms with Crippen molar-refractivity contribution in [3.05, 3.63) is 36.3 Å². The van der Waals surface area contributed by atoms with Gasteiger partial charge in [0.05, 0.1) is 5.69 Å². The molecule has 0 aliphatic carbocycles. The fourth-order valence-corrected chi connectivity index (χ4v) is 3.14. The van der Waals surface area contributed by atoms with Crippen molar-refractivity contribution in [3.63, 3.8) is 0 Å². The number of rotatable bonds is 3. The highest BCUT2D eigenvalue weighted by Gasteiger charge is 2.34. The molecule has 2 atom stereocenters. The summed E-state index contributed by atoms with van der Waals surface area (Å²) in [5.41, 5.74) is 1.29. The van der Waals surface area contributed by atoms with E-state index in [0.717, 1.165) is 17.1 Å². The fourth-order valence-electron chi connectivity index (χ4n) is 3.14. The van der Waals surface area contributed by atoms with Crippen LogP contribution in [0.5, 0.6) is 0 Å². The Kier molecular flexibility index (Phi) is 5.30. The van der Waals surface area contributed by atoms with Crippen LogP contribution >= 0.6 is 0 Å². The van der Waals surface area contributed by atoms with Crippen molar-refractivity contribution in [2.75, 3.05) is 18.4 Å². The first-order valence-corrected chi connectivity index (χ1v) is 9.22. The number of carbonyl (C=O) groups is 1. The van der Waals surface area contributed by atoms with Crippen LogP contribution in [0.15, 0.2) is 30.6 Å². The molecule has 1 saturated heterocycles. The molecule has 1 aliphatic heterocycles. The lowest BCUT2D eigenvalue weighted by Gasteiger charge is -2.24. The molecule has 144 valence electrons. The first-order chi connectivity index (χ1) is 12.7. The van der Waals surface area contributed by atoms with Gasteiger partial charge < -0.3 is 15.0 Å². The SMILES string of the molecule is Cc1nc(N[C@@H]2CN(C(=O)OC(C)(C)C)C[C@@H]2C)ccc1-c1ncccn1. The van der Waals surface area contributed by atoms with Gasteiger partial charge in [0.2, 0.25) is 0 Å². The second-order valence-corrected chi connectivity index (χ2v) is 8.02. The number of hydrogen-bond acceptors (Lipinski definition) is 6. The van der Waals surface area contributed by atoms with E-state index in [0.29, 0.717) is 24.8 Å². The van der Waals surface area contributed by atoms with Crippen LogP contribution in [0.4, 0.5) is 10.6 Å². The Hall–Kier alpha value is -2.70. The molecule has 0 unspecified atom stereocenters. The lowest BCUT2D eigenvalue weighted by Crippen LogP contribution is -2.36. The summed E-state index contributed by atoms with van der Waals surface area (Å²) >= 11 is 0. The molecule has 0 saturated carbocycles. The molecule has 0 aromatic carbocycles. The molecule has 1 aliphatic rings. The molecule has 0 bridgehead atoms. The van der Waals surface area contributed by atoms with Gasteiger partial charge in [-0.1, -0.05) is 6.92 Å². The van der Waals surface area contributed by atoms with E-state index in [-0.39, 0.29) is 12.1 Å². The Bertz CT molecular complexity index is 804. The molecule has 1 fully saturated rings. The lowest BCUT2D eigenvalue weighted by atomic mass is 10.1. The molecule has 27 heavy (non-hydrogen) atoms. The first-order valence-electron chi connectivity index (χ1n) is 9.22. The number of carbonyl (C=O) groups excluding carboxylic acids is 1. The Labute approximate surface area is 160 Å². The summed E-state index contributed by atoms with van der Waals surface area (Å²) in [6, 6.07) is 5.83. The monoisotopic (exact) mass is 369 g/mol. The van der Waals surface area contributed by atoms with E-state index in [4.69, 9.17) is 4.74 Å². The Morgan fingerprint density at radius 2 is 1.93 bits per heavy atom. The summed E-state index contributed by atoms with van der Waals surface area (Å²) < 4.78 is 5.48. The average molecular weight is 369 g/mol. The van der Waals surface area contributed by atoms with Gasteiger partial charge in [-0.25, -0.2) is 19.7 Å². The van der Waals surface area contributed by atoms with Gasteiger partial charge in [0.25, 0.3) is 0 Å². The highest BCUT2D eigenvalue weighted by Crippen LogP contribution is 2.24. The van der Waals surface area contributed by atoms with E-state index < -0.39 is 5.60 Å². The van der Waals surface area contributed by atoms with Crippen molar-refractivity contribution in [3.8, 4) is 11.4 Å². The van der Waals surface area contributed by atoms with Crippen LogP contribution in [0.2, 0.25) is 0 Å². The largest absolute Gasteiger partial charge is 0.444 e. The fraction of sp³-hybridized carbons (Fsp3) is 0.500. The molecule has 1 amide bonds. The van der Waals surface area contributed by atoms with Gasteiger partial charge in [0.15, 0.2) is 5.82 Å². The van der Waals surface area contributed by atoms with Crippen LogP contribution in [0.3, 0.4) is 0 Å². The number of ether oxygens (including phenoxy) is 1. The maximum Gasteiger partial charge on any atom is 0.410 e. The van der Waals surface area contributed by atoms with Crippen molar-refractivity contribution in [1.82, 2.24) is 19.9 Å². The third kappa shape index (κ3) is 4.72. The van der Waals surface area contributed by atoms with E-state index in [9.17, 15) is 4.79 Å². The van der Waals surface area contributed by atoms with E-state index in [1.54, 1.807) is 23.4 Å². The van der Waals surface area contributed by atoms with Gasteiger partial charge in [-0.15, -0.1) is 0 Å². The molecule has 2 aromatic rings. The molecule has 3 rings (SSSR count). The van der Waals surface area contributed by atoms with Crippen LogP contribution in [-0.2, 0) is 4.74 Å². The van der Waals surface area contributed by atoms with E-state index in [2.05, 4.69) is 27.2 Å². The number of anilines is 1. The number of aromatic nitrogens is 3. The van der Waals surface area contributed by atoms with Crippen LogP contribution in [0.25, 0.3) is 11.4 Å². The minimum absolute atomic E-state index is 0.128. The van der Waals surface area contributed by atoms with Gasteiger partial charge in [-0.2, -0.15) is 0 Å². The summed E-state index contributed by atoms with van der Waals surface area (Å²) in [6.07, 6.45) is 3.18. The molecule has 7 nitrogen and oxygen atoms in total. The molecule has 1 N–H and O–H groups in total. The second-order valence-electron chi connectivity index (χ2n) is 8.02. The van der Waals surface area contributed by atoms with Crippen LogP contribution < -0.4 is 5.32 Å². The van der Waals surface area contributed by atoms with Crippen LogP contribution in [0.1, 0.15) is 33.4 Å². The number of nitrogens with one attached hydrogen (secondary N) is 1. The summed E-state index contributed by atoms with van der Waals surface area (Å²) in [5.74, 6) is 1.76. The minimum Gasteiger partial charge on any atom is -0.444 e. The summed E-state index contributed by atoms with van der Waals surface area (Å²) in [7, 11) is 0. The summed E-state index contributed by atoms with van der Waals surface area (Å²) in [5, 5.41) is 3.46. The lowest BCUT2D eigenvalue weighted by molar-refractivity contribution is 0.0288. The van der Waals surface area contributed by atoms with E-state index in [1.807, 2.05) is 39.8 Å². The number of hydrogen-bond donors (Lipinski definition) is 1. The predicted octanol–water partition coefficient (Wildman–Crippen LogP) is 3.51. The zero-order valence-corrected chi connectivity index (χ0v) is 16.6. The predicted molar refractivity (Wildman–Crippen MR) is 104 cm³/mol. The molecular weight excluding hydrogens is 342 g/mol. The normalized spacial score (nSPS) is 19.8. The van der Waals surface area contributed by atoms with Crippen LogP contribution in [0, 0.1) is 12.8 Å². The zero-order chi connectivity index (χ0) is 19.6. The molecule has 0 radical (unpaired) electrons. The molecule has 3 heterocycles. The Morgan fingerprint density at radius 3 is 2.56 bits per heavy atom. The number of amides is 1. The smallest absolute Gasteiger partial charge is 0.410 e. The summed E-state index contributed by atoms with van der Waals surface area (Å²) in [4.78, 5) is 27.3. The van der Waals surface area contributed by atoms with Crippen LogP contribution in [-0.4, -0.2) is 50.7 Å². The number of likely N-dealkylation sites (tertiary alicyclic amines) is 1. The maximum atomic E-state index is 12.3. The number of pyridine rings is 1. The first kappa shape index (κ1) is 19.1. The van der Waals surface area contributed by atoms with Gasteiger partial charge in [0, 0.05) is 37.1 Å². The molecule has 2 aromatic heterocycles. The molecular formula is C20H27N5O2. The van der Waals surface area contributed by atoms with E-state index >= 15 is 0 Å². The average Bonchev–Trinajstić information content (AvgIpc) is 2.95. The van der Waals surface area contributed by atoms with E-state index in [1.165, 1.54) is 0 Å². The van der Waals surface area contributed by atoms with Crippen molar-refractivity contribution in [1.29, 1.82) is 0 Å². The highest BCUT2D eigenvalue weighted by molar-refractivity contribution is 5.69. The summed E-state index contributed by atoms with van der Waals surface area (Å²) in [6.45, 7) is 11.0. The Morgan fingerprint density at radius 1 is 1.22 bits per heavy atom.